The molecule has 0 bridgehead atoms. The summed E-state index contributed by atoms with van der Waals surface area (Å²) in [5.41, 5.74) is 2.36. The molecule has 5 nitrogen and oxygen atoms in total. The molecule has 1 aliphatic carbocycles. The Morgan fingerprint density at radius 3 is 2.77 bits per heavy atom. The molecule has 0 aromatic heterocycles. The molecule has 1 N–H and O–H groups in total. The van der Waals surface area contributed by atoms with E-state index in [2.05, 4.69) is 17.5 Å². The largest absolute Gasteiger partial charge is 0.494 e. The van der Waals surface area contributed by atoms with Crippen LogP contribution in [0.3, 0.4) is 0 Å². The lowest BCUT2D eigenvalue weighted by Crippen LogP contribution is -2.29. The van der Waals surface area contributed by atoms with Crippen molar-refractivity contribution in [1.82, 2.24) is 0 Å². The molecule has 6 heteroatoms. The lowest BCUT2D eigenvalue weighted by atomic mass is 9.76. The van der Waals surface area contributed by atoms with Gasteiger partial charge in [-0.1, -0.05) is 24.3 Å². The highest BCUT2D eigenvalue weighted by Gasteiger charge is 2.41. The fourth-order valence-electron chi connectivity index (χ4n) is 4.05. The quantitative estimate of drug-likeness (QED) is 0.479. The minimum Gasteiger partial charge on any atom is -0.494 e. The van der Waals surface area contributed by atoms with Crippen LogP contribution in [-0.2, 0) is 0 Å². The zero-order valence-electron chi connectivity index (χ0n) is 14.3. The minimum atomic E-state index is -0.380. The maximum absolute atomic E-state index is 13.3. The van der Waals surface area contributed by atoms with Crippen molar-refractivity contribution in [2.45, 2.75) is 25.3 Å². The predicted octanol–water partition coefficient (Wildman–Crippen LogP) is 4.96. The van der Waals surface area contributed by atoms with Crippen LogP contribution in [0, 0.1) is 21.8 Å². The molecule has 4 rings (SSSR count). The van der Waals surface area contributed by atoms with Crippen molar-refractivity contribution in [2.75, 3.05) is 11.9 Å². The number of allylic oxidation sites excluding steroid dienone is 2. The molecule has 26 heavy (non-hydrogen) atoms. The lowest BCUT2D eigenvalue weighted by molar-refractivity contribution is -0.384. The average Bonchev–Trinajstić information content (AvgIpc) is 3.11. The van der Waals surface area contributed by atoms with Crippen LogP contribution in [0.15, 0.2) is 48.6 Å². The molecule has 0 fully saturated rings. The fraction of sp³-hybridized carbons (Fsp3) is 0.300. The summed E-state index contributed by atoms with van der Waals surface area (Å²) >= 11 is 0. The van der Waals surface area contributed by atoms with E-state index in [4.69, 9.17) is 4.74 Å². The van der Waals surface area contributed by atoms with Crippen LogP contribution < -0.4 is 10.1 Å². The topological polar surface area (TPSA) is 64.4 Å². The second-order valence-corrected chi connectivity index (χ2v) is 6.62. The first-order chi connectivity index (χ1) is 12.6. The molecule has 0 spiro atoms. The van der Waals surface area contributed by atoms with Crippen LogP contribution in [0.25, 0.3) is 0 Å². The Hall–Kier alpha value is -2.89. The van der Waals surface area contributed by atoms with Gasteiger partial charge in [0.15, 0.2) is 0 Å². The van der Waals surface area contributed by atoms with E-state index in [9.17, 15) is 14.5 Å². The number of nitrogens with one attached hydrogen (secondary N) is 1. The highest BCUT2D eigenvalue weighted by Crippen LogP contribution is 2.53. The number of benzene rings is 2. The summed E-state index contributed by atoms with van der Waals surface area (Å²) < 4.78 is 18.8. The van der Waals surface area contributed by atoms with Crippen LogP contribution in [0.2, 0.25) is 0 Å². The van der Waals surface area contributed by atoms with Crippen molar-refractivity contribution in [2.24, 2.45) is 5.92 Å². The molecule has 3 atom stereocenters. The molecule has 1 heterocycles. The number of ether oxygens (including phenoxy) is 1. The van der Waals surface area contributed by atoms with Gasteiger partial charge in [-0.2, -0.15) is 0 Å². The first kappa shape index (κ1) is 16.6. The molecular weight excluding hydrogens is 335 g/mol. The monoisotopic (exact) mass is 354 g/mol. The van der Waals surface area contributed by atoms with Gasteiger partial charge < -0.3 is 10.1 Å². The molecular formula is C20H19FN2O3. The van der Waals surface area contributed by atoms with Gasteiger partial charge >= 0.3 is 0 Å². The van der Waals surface area contributed by atoms with Gasteiger partial charge in [-0.3, -0.25) is 10.1 Å². The Morgan fingerprint density at radius 2 is 2.08 bits per heavy atom. The van der Waals surface area contributed by atoms with E-state index in [0.29, 0.717) is 18.0 Å². The van der Waals surface area contributed by atoms with Crippen molar-refractivity contribution in [3.05, 3.63) is 75.6 Å². The van der Waals surface area contributed by atoms with Gasteiger partial charge in [0.1, 0.15) is 17.3 Å². The summed E-state index contributed by atoms with van der Waals surface area (Å²) in [5.74, 6) is 0.516. The van der Waals surface area contributed by atoms with E-state index in [-0.39, 0.29) is 34.3 Å². The third-order valence-corrected chi connectivity index (χ3v) is 5.16. The van der Waals surface area contributed by atoms with Crippen LogP contribution in [0.4, 0.5) is 15.8 Å². The van der Waals surface area contributed by atoms with Crippen molar-refractivity contribution in [3.63, 3.8) is 0 Å². The van der Waals surface area contributed by atoms with Crippen LogP contribution in [0.1, 0.15) is 36.4 Å². The summed E-state index contributed by atoms with van der Waals surface area (Å²) in [6.45, 7) is 2.30. The highest BCUT2D eigenvalue weighted by atomic mass is 19.1. The number of halogens is 1. The molecule has 2 aromatic rings. The first-order valence-electron chi connectivity index (χ1n) is 8.72. The Morgan fingerprint density at radius 1 is 1.31 bits per heavy atom. The van der Waals surface area contributed by atoms with E-state index in [1.54, 1.807) is 12.1 Å². The Labute approximate surface area is 150 Å². The number of nitrogens with zero attached hydrogens (tertiary/aromatic N) is 1. The summed E-state index contributed by atoms with van der Waals surface area (Å²) in [6, 6.07) is 9.59. The third kappa shape index (κ3) is 2.71. The number of fused-ring (bicyclic) bond motifs is 3. The van der Waals surface area contributed by atoms with E-state index in [0.717, 1.165) is 17.5 Å². The van der Waals surface area contributed by atoms with Gasteiger partial charge in [-0.05, 0) is 48.6 Å². The number of nitro groups is 1. The standard InChI is InChI=1S/C20H19FN2O3/c1-2-26-14-10-17-15-4-3-5-16(15)19(12-6-8-13(21)9-7-12)22-20(17)18(11-14)23(24)25/h3-4,6-11,15-16,19,22H,2,5H2,1H3/t15-,16-,19-/m0/s1. The minimum absolute atomic E-state index is 0.0109. The number of anilines is 1. The van der Waals surface area contributed by atoms with E-state index >= 15 is 0 Å². The normalized spacial score (nSPS) is 23.1. The molecule has 0 saturated carbocycles. The second-order valence-electron chi connectivity index (χ2n) is 6.62. The van der Waals surface area contributed by atoms with Gasteiger partial charge in [0, 0.05) is 5.92 Å². The molecule has 0 amide bonds. The van der Waals surface area contributed by atoms with Crippen LogP contribution >= 0.6 is 0 Å². The van der Waals surface area contributed by atoms with Crippen LogP contribution in [0.5, 0.6) is 5.75 Å². The summed E-state index contributed by atoms with van der Waals surface area (Å²) in [6.07, 6.45) is 5.09. The van der Waals surface area contributed by atoms with Gasteiger partial charge in [0.2, 0.25) is 0 Å². The van der Waals surface area contributed by atoms with Crippen molar-refractivity contribution < 1.29 is 14.1 Å². The van der Waals surface area contributed by atoms with E-state index in [1.165, 1.54) is 18.2 Å². The first-order valence-corrected chi connectivity index (χ1v) is 8.72. The zero-order chi connectivity index (χ0) is 18.3. The fourth-order valence-corrected chi connectivity index (χ4v) is 4.05. The Kier molecular flexibility index (Phi) is 4.11. The molecule has 1 aliphatic heterocycles. The molecule has 2 aromatic carbocycles. The second kappa shape index (κ2) is 6.44. The molecule has 0 radical (unpaired) electrons. The molecule has 0 saturated heterocycles. The van der Waals surface area contributed by atoms with Crippen molar-refractivity contribution in [1.29, 1.82) is 0 Å². The smallest absolute Gasteiger partial charge is 0.296 e. The van der Waals surface area contributed by atoms with Crippen LogP contribution in [-0.4, -0.2) is 11.5 Å². The maximum atomic E-state index is 13.3. The van der Waals surface area contributed by atoms with E-state index < -0.39 is 0 Å². The Balaban J connectivity index is 1.83. The zero-order valence-corrected chi connectivity index (χ0v) is 14.3. The number of nitro benzene ring substituents is 1. The summed E-state index contributed by atoms with van der Waals surface area (Å²) in [5, 5.41) is 15.0. The lowest BCUT2D eigenvalue weighted by Gasteiger charge is -2.37. The highest BCUT2D eigenvalue weighted by molar-refractivity contribution is 5.73. The summed E-state index contributed by atoms with van der Waals surface area (Å²) in [7, 11) is 0. The number of hydrogen-bond acceptors (Lipinski definition) is 4. The molecule has 2 aliphatic rings. The SMILES string of the molecule is CCOc1cc2c(c([N+](=O)[O-])c1)N[C@@H](c1ccc(F)cc1)[C@H]1CC=C[C@H]21. The number of rotatable bonds is 4. The van der Waals surface area contributed by atoms with E-state index in [1.807, 2.05) is 13.0 Å². The van der Waals surface area contributed by atoms with Gasteiger partial charge in [0.05, 0.1) is 23.6 Å². The van der Waals surface area contributed by atoms with Crippen molar-refractivity contribution >= 4 is 11.4 Å². The average molecular weight is 354 g/mol. The summed E-state index contributed by atoms with van der Waals surface area (Å²) in [4.78, 5) is 11.3. The Bertz CT molecular complexity index is 879. The van der Waals surface area contributed by atoms with Crippen molar-refractivity contribution in [3.8, 4) is 5.75 Å². The van der Waals surface area contributed by atoms with Gasteiger partial charge in [0.25, 0.3) is 5.69 Å². The number of hydrogen-bond donors (Lipinski definition) is 1. The maximum Gasteiger partial charge on any atom is 0.296 e. The predicted molar refractivity (Wildman–Crippen MR) is 97.0 cm³/mol. The third-order valence-electron chi connectivity index (χ3n) is 5.16. The molecule has 0 unspecified atom stereocenters. The van der Waals surface area contributed by atoms with Gasteiger partial charge in [-0.15, -0.1) is 0 Å². The molecule has 134 valence electrons. The van der Waals surface area contributed by atoms with Gasteiger partial charge in [-0.25, -0.2) is 4.39 Å².